The molecule has 0 saturated carbocycles. The third kappa shape index (κ3) is 3.29. The molecule has 0 amide bonds. The van der Waals surface area contributed by atoms with Crippen LogP contribution in [0.1, 0.15) is 20.3 Å². The molecule has 80 valence electrons. The maximum atomic E-state index is 5.90. The minimum absolute atomic E-state index is 0.145. The maximum absolute atomic E-state index is 5.90. The average Bonchev–Trinajstić information content (AvgIpc) is 2.46. The third-order valence-electron chi connectivity index (χ3n) is 1.92. The molecule has 0 bridgehead atoms. The second-order valence-electron chi connectivity index (χ2n) is 3.90. The van der Waals surface area contributed by atoms with Gasteiger partial charge in [0, 0.05) is 19.6 Å². The fourth-order valence-electron chi connectivity index (χ4n) is 1.29. The van der Waals surface area contributed by atoms with Crippen molar-refractivity contribution in [3.63, 3.8) is 0 Å². The van der Waals surface area contributed by atoms with E-state index >= 15 is 0 Å². The Morgan fingerprint density at radius 2 is 2.21 bits per heavy atom. The highest BCUT2D eigenvalue weighted by Gasteiger charge is 2.07. The van der Waals surface area contributed by atoms with E-state index in [0.29, 0.717) is 18.4 Å². The molecule has 1 aromatic heterocycles. The summed E-state index contributed by atoms with van der Waals surface area (Å²) in [5.41, 5.74) is 5.90. The molecule has 0 spiro atoms. The smallest absolute Gasteiger partial charge is 0.242 e. The largest absolute Gasteiger partial charge is 0.352 e. The van der Waals surface area contributed by atoms with Crippen LogP contribution in [0.2, 0.25) is 0 Å². The van der Waals surface area contributed by atoms with Gasteiger partial charge < -0.3 is 11.1 Å². The second kappa shape index (κ2) is 4.90. The molecule has 0 radical (unpaired) electrons. The minimum atomic E-state index is 0.145. The van der Waals surface area contributed by atoms with Crippen LogP contribution >= 0.6 is 0 Å². The number of hydrogen-bond donors (Lipinski definition) is 2. The lowest BCUT2D eigenvalue weighted by Crippen LogP contribution is -2.31. The zero-order valence-electron chi connectivity index (χ0n) is 8.94. The number of nitrogens with one attached hydrogen (secondary N) is 1. The summed E-state index contributed by atoms with van der Waals surface area (Å²) in [4.78, 5) is 0. The first-order valence-corrected chi connectivity index (χ1v) is 4.81. The van der Waals surface area contributed by atoms with Crippen LogP contribution in [0.3, 0.4) is 0 Å². The van der Waals surface area contributed by atoms with Crippen molar-refractivity contribution in [3.8, 4) is 0 Å². The summed E-state index contributed by atoms with van der Waals surface area (Å²) in [6.45, 7) is 5.01. The lowest BCUT2D eigenvalue weighted by atomic mass is 10.0. The standard InChI is InChI=1S/C8H18N6/c1-6(2)4-7(9)5-10-8-11-12-13-14(8)3/h6-7H,4-5,9H2,1-3H3,(H,10,11,13). The Balaban J connectivity index is 2.30. The van der Waals surface area contributed by atoms with Crippen LogP contribution in [0, 0.1) is 5.92 Å². The van der Waals surface area contributed by atoms with Crippen LogP contribution < -0.4 is 11.1 Å². The van der Waals surface area contributed by atoms with Crippen molar-refractivity contribution >= 4 is 5.95 Å². The summed E-state index contributed by atoms with van der Waals surface area (Å²) in [6.07, 6.45) is 0.998. The monoisotopic (exact) mass is 198 g/mol. The van der Waals surface area contributed by atoms with Gasteiger partial charge in [-0.25, -0.2) is 4.68 Å². The van der Waals surface area contributed by atoms with E-state index in [2.05, 4.69) is 34.7 Å². The zero-order chi connectivity index (χ0) is 10.6. The number of aromatic nitrogens is 4. The van der Waals surface area contributed by atoms with E-state index in [0.717, 1.165) is 6.42 Å². The van der Waals surface area contributed by atoms with Gasteiger partial charge in [0.05, 0.1) is 0 Å². The van der Waals surface area contributed by atoms with E-state index in [1.165, 1.54) is 0 Å². The van der Waals surface area contributed by atoms with Gasteiger partial charge in [-0.15, -0.1) is 0 Å². The van der Waals surface area contributed by atoms with E-state index < -0.39 is 0 Å². The SMILES string of the molecule is CC(C)CC(N)CNc1nnnn1C. The summed E-state index contributed by atoms with van der Waals surface area (Å²) < 4.78 is 1.59. The quantitative estimate of drug-likeness (QED) is 0.695. The van der Waals surface area contributed by atoms with Gasteiger partial charge >= 0.3 is 0 Å². The van der Waals surface area contributed by atoms with Gasteiger partial charge in [0.15, 0.2) is 0 Å². The summed E-state index contributed by atoms with van der Waals surface area (Å²) in [7, 11) is 1.79. The van der Waals surface area contributed by atoms with E-state index in [4.69, 9.17) is 5.73 Å². The molecule has 0 fully saturated rings. The molecule has 1 aromatic rings. The summed E-state index contributed by atoms with van der Waals surface area (Å²) >= 11 is 0. The molecule has 0 aliphatic heterocycles. The summed E-state index contributed by atoms with van der Waals surface area (Å²) in [6, 6.07) is 0.145. The molecule has 1 unspecified atom stereocenters. The Morgan fingerprint density at radius 1 is 1.50 bits per heavy atom. The van der Waals surface area contributed by atoms with Gasteiger partial charge in [-0.3, -0.25) is 0 Å². The van der Waals surface area contributed by atoms with Gasteiger partial charge in [-0.1, -0.05) is 18.9 Å². The number of tetrazole rings is 1. The molecule has 6 nitrogen and oxygen atoms in total. The number of nitrogens with two attached hydrogens (primary N) is 1. The molecular formula is C8H18N6. The molecule has 0 aliphatic carbocycles. The minimum Gasteiger partial charge on any atom is -0.352 e. The maximum Gasteiger partial charge on any atom is 0.242 e. The van der Waals surface area contributed by atoms with Crippen molar-refractivity contribution in [2.45, 2.75) is 26.3 Å². The molecule has 0 aromatic carbocycles. The number of rotatable bonds is 5. The van der Waals surface area contributed by atoms with E-state index in [1.807, 2.05) is 0 Å². The van der Waals surface area contributed by atoms with Crippen LogP contribution in [0.5, 0.6) is 0 Å². The highest BCUT2D eigenvalue weighted by atomic mass is 15.6. The average molecular weight is 198 g/mol. The first-order valence-electron chi connectivity index (χ1n) is 4.81. The predicted molar refractivity (Wildman–Crippen MR) is 54.7 cm³/mol. The van der Waals surface area contributed by atoms with Crippen molar-refractivity contribution in [3.05, 3.63) is 0 Å². The van der Waals surface area contributed by atoms with Crippen molar-refractivity contribution < 1.29 is 0 Å². The van der Waals surface area contributed by atoms with E-state index in [-0.39, 0.29) is 6.04 Å². The fourth-order valence-corrected chi connectivity index (χ4v) is 1.29. The lowest BCUT2D eigenvalue weighted by Gasteiger charge is -2.14. The molecule has 3 N–H and O–H groups in total. The van der Waals surface area contributed by atoms with Crippen LogP contribution in [0.15, 0.2) is 0 Å². The zero-order valence-corrected chi connectivity index (χ0v) is 8.94. The lowest BCUT2D eigenvalue weighted by molar-refractivity contribution is 0.507. The Morgan fingerprint density at radius 3 is 2.71 bits per heavy atom. The van der Waals surface area contributed by atoms with E-state index in [1.54, 1.807) is 11.7 Å². The Bertz CT molecular complexity index is 269. The molecule has 0 saturated heterocycles. The van der Waals surface area contributed by atoms with Crippen molar-refractivity contribution in [1.29, 1.82) is 0 Å². The number of aryl methyl sites for hydroxylation is 1. The number of hydrogen-bond acceptors (Lipinski definition) is 5. The molecule has 6 heteroatoms. The topological polar surface area (TPSA) is 81.7 Å². The van der Waals surface area contributed by atoms with Gasteiger partial charge in [0.1, 0.15) is 0 Å². The van der Waals surface area contributed by atoms with Crippen molar-refractivity contribution in [1.82, 2.24) is 20.2 Å². The highest BCUT2D eigenvalue weighted by Crippen LogP contribution is 2.03. The second-order valence-corrected chi connectivity index (χ2v) is 3.90. The summed E-state index contributed by atoms with van der Waals surface area (Å²) in [5.74, 6) is 1.27. The molecule has 0 aliphatic rings. The van der Waals surface area contributed by atoms with Crippen molar-refractivity contribution in [2.24, 2.45) is 18.7 Å². The normalized spacial score (nSPS) is 13.2. The molecule has 1 heterocycles. The Kier molecular flexibility index (Phi) is 3.82. The van der Waals surface area contributed by atoms with Gasteiger partial charge in [-0.05, 0) is 22.8 Å². The molecule has 14 heavy (non-hydrogen) atoms. The Hall–Kier alpha value is -1.17. The predicted octanol–water partition coefficient (Wildman–Crippen LogP) is -0.00460. The number of nitrogens with zero attached hydrogens (tertiary/aromatic N) is 4. The van der Waals surface area contributed by atoms with Crippen LogP contribution in [0.4, 0.5) is 5.95 Å². The fraction of sp³-hybridized carbons (Fsp3) is 0.875. The Labute approximate surface area is 83.9 Å². The molecule has 1 atom stereocenters. The third-order valence-corrected chi connectivity index (χ3v) is 1.92. The first-order chi connectivity index (χ1) is 6.59. The number of anilines is 1. The van der Waals surface area contributed by atoms with E-state index in [9.17, 15) is 0 Å². The molecular weight excluding hydrogens is 180 g/mol. The van der Waals surface area contributed by atoms with Crippen molar-refractivity contribution in [2.75, 3.05) is 11.9 Å². The first kappa shape index (κ1) is 10.9. The van der Waals surface area contributed by atoms with Crippen LogP contribution in [-0.4, -0.2) is 32.8 Å². The summed E-state index contributed by atoms with van der Waals surface area (Å²) in [5, 5.41) is 14.1. The highest BCUT2D eigenvalue weighted by molar-refractivity contribution is 5.21. The molecule has 1 rings (SSSR count). The van der Waals surface area contributed by atoms with Crippen LogP contribution in [-0.2, 0) is 7.05 Å². The van der Waals surface area contributed by atoms with Gasteiger partial charge in [0.2, 0.25) is 5.95 Å². The van der Waals surface area contributed by atoms with Crippen LogP contribution in [0.25, 0.3) is 0 Å². The van der Waals surface area contributed by atoms with Gasteiger partial charge in [0.25, 0.3) is 0 Å². The van der Waals surface area contributed by atoms with Gasteiger partial charge in [-0.2, -0.15) is 0 Å².